The fraction of sp³-hybridized carbons (Fsp3) is 0.833. The van der Waals surface area contributed by atoms with Crippen molar-refractivity contribution in [2.24, 2.45) is 22.9 Å². The molecule has 2 rings (SSSR count). The number of nitrogens with zero attached hydrogens (tertiary/aromatic N) is 2. The lowest BCUT2D eigenvalue weighted by molar-refractivity contribution is 0.00328. The van der Waals surface area contributed by atoms with Gasteiger partial charge in [0, 0.05) is 36.9 Å². The Morgan fingerprint density at radius 2 is 1.79 bits per heavy atom. The first-order valence-corrected chi connectivity index (χ1v) is 8.95. The van der Waals surface area contributed by atoms with Crippen LogP contribution in [-0.4, -0.2) is 40.7 Å². The molecule has 0 aromatic rings. The van der Waals surface area contributed by atoms with Crippen LogP contribution in [0.5, 0.6) is 0 Å². The van der Waals surface area contributed by atoms with Crippen molar-refractivity contribution in [1.29, 1.82) is 0 Å². The van der Waals surface area contributed by atoms with Gasteiger partial charge in [0.1, 0.15) is 5.60 Å². The second-order valence-corrected chi connectivity index (χ2v) is 9.05. The van der Waals surface area contributed by atoms with Crippen molar-refractivity contribution < 1.29 is 9.53 Å². The molecule has 6 heteroatoms. The summed E-state index contributed by atoms with van der Waals surface area (Å²) in [5.41, 5.74) is 6.90. The van der Waals surface area contributed by atoms with Gasteiger partial charge in [0.25, 0.3) is 0 Å². The Balaban J connectivity index is 1.80. The van der Waals surface area contributed by atoms with Crippen LogP contribution >= 0.6 is 0 Å². The second kappa shape index (κ2) is 6.82. The highest BCUT2D eigenvalue weighted by Gasteiger charge is 2.35. The number of likely N-dealkylation sites (tertiary alicyclic amines) is 1. The summed E-state index contributed by atoms with van der Waals surface area (Å²) >= 11 is 0. The number of carbonyl (C=O) groups excluding carboxylic acids is 1. The number of hydrogen-bond acceptors (Lipinski definition) is 5. The molecule has 1 aliphatic heterocycles. The quantitative estimate of drug-likeness (QED) is 0.610. The fourth-order valence-electron chi connectivity index (χ4n) is 3.23. The van der Waals surface area contributed by atoms with Crippen LogP contribution in [0.4, 0.5) is 4.79 Å². The maximum absolute atomic E-state index is 11.9. The van der Waals surface area contributed by atoms with E-state index >= 15 is 0 Å². The van der Waals surface area contributed by atoms with E-state index < -0.39 is 5.60 Å². The molecule has 24 heavy (non-hydrogen) atoms. The number of carbonyl (C=O) groups is 1. The molecule has 1 amide bonds. The van der Waals surface area contributed by atoms with Gasteiger partial charge in [-0.1, -0.05) is 13.8 Å². The largest absolute Gasteiger partial charge is 0.444 e. The molecule has 0 aromatic carbocycles. The summed E-state index contributed by atoms with van der Waals surface area (Å²) in [5, 5.41) is 1.78. The normalized spacial score (nSPS) is 22.9. The maximum Gasteiger partial charge on any atom is 0.410 e. The smallest absolute Gasteiger partial charge is 0.410 e. The van der Waals surface area contributed by atoms with Gasteiger partial charge in [-0.2, -0.15) is 0 Å². The molecule has 2 fully saturated rings. The Labute approximate surface area is 146 Å². The zero-order valence-electron chi connectivity index (χ0n) is 15.8. The molecule has 1 saturated heterocycles. The minimum atomic E-state index is -0.466. The van der Waals surface area contributed by atoms with Gasteiger partial charge in [-0.25, -0.2) is 10.6 Å². The van der Waals surface area contributed by atoms with E-state index in [0.717, 1.165) is 18.5 Å². The number of ether oxygens (including phenoxy) is 1. The maximum atomic E-state index is 11.9. The van der Waals surface area contributed by atoms with Gasteiger partial charge in [0.2, 0.25) is 0 Å². The Hall–Kier alpha value is -1.43. The van der Waals surface area contributed by atoms with E-state index in [2.05, 4.69) is 13.8 Å². The van der Waals surface area contributed by atoms with E-state index in [4.69, 9.17) is 16.3 Å². The van der Waals surface area contributed by atoms with Crippen molar-refractivity contribution in [2.75, 3.05) is 13.1 Å². The molecule has 0 radical (unpaired) electrons. The predicted octanol–water partition coefficient (Wildman–Crippen LogP) is 2.80. The third kappa shape index (κ3) is 5.03. The molecule has 0 spiro atoms. The van der Waals surface area contributed by atoms with Crippen LogP contribution in [0.25, 0.3) is 0 Å². The van der Waals surface area contributed by atoms with Crippen LogP contribution in [0.2, 0.25) is 0 Å². The Kier molecular flexibility index (Phi) is 5.37. The monoisotopic (exact) mass is 338 g/mol. The summed E-state index contributed by atoms with van der Waals surface area (Å²) in [6.45, 7) is 11.4. The van der Waals surface area contributed by atoms with Crippen LogP contribution in [0.15, 0.2) is 11.9 Å². The van der Waals surface area contributed by atoms with Crippen molar-refractivity contribution in [2.45, 2.75) is 71.9 Å². The highest BCUT2D eigenvalue weighted by Crippen LogP contribution is 2.36. The van der Waals surface area contributed by atoms with Gasteiger partial charge in [0.05, 0.1) is 0 Å². The van der Waals surface area contributed by atoms with Gasteiger partial charge < -0.3 is 20.4 Å². The first-order valence-electron chi connectivity index (χ1n) is 8.95. The third-order valence-electron chi connectivity index (χ3n) is 5.03. The van der Waals surface area contributed by atoms with Crippen LogP contribution in [0.1, 0.15) is 60.3 Å². The summed E-state index contributed by atoms with van der Waals surface area (Å²) < 4.78 is 5.36. The zero-order chi connectivity index (χ0) is 18.1. The first kappa shape index (κ1) is 18.9. The molecule has 2 aliphatic rings. The van der Waals surface area contributed by atoms with Gasteiger partial charge in [0.15, 0.2) is 0 Å². The molecule has 4 N–H and O–H groups in total. The summed E-state index contributed by atoms with van der Waals surface area (Å²) in [5.74, 6) is 6.37. The minimum absolute atomic E-state index is 0.170. The van der Waals surface area contributed by atoms with E-state index in [-0.39, 0.29) is 12.0 Å². The summed E-state index contributed by atoms with van der Waals surface area (Å²) in [4.78, 5) is 13.6. The standard InChI is InChI=1S/C18H34N4O2/c1-17(2,3)24-16(23)21-10-13(11-21)15(19)12-22(20)14-6-8-18(4,5)9-7-14/h12-14H,6-11,19-20H2,1-5H3/b15-12-. The molecule has 0 aromatic heterocycles. The van der Waals surface area contributed by atoms with Crippen LogP contribution in [-0.2, 0) is 4.74 Å². The lowest BCUT2D eigenvalue weighted by Crippen LogP contribution is -2.53. The highest BCUT2D eigenvalue weighted by atomic mass is 16.6. The van der Waals surface area contributed by atoms with Gasteiger partial charge in [-0.05, 0) is 51.9 Å². The molecule has 0 atom stereocenters. The predicted molar refractivity (Wildman–Crippen MR) is 95.6 cm³/mol. The van der Waals surface area contributed by atoms with Gasteiger partial charge in [-0.3, -0.25) is 0 Å². The third-order valence-corrected chi connectivity index (χ3v) is 5.03. The molecule has 6 nitrogen and oxygen atoms in total. The molecule has 1 aliphatic carbocycles. The average Bonchev–Trinajstić information content (AvgIpc) is 2.34. The number of hydrogen-bond donors (Lipinski definition) is 2. The SMILES string of the molecule is CC1(C)CCC(N(N)/C=C(\N)C2CN(C(=O)OC(C)(C)C)C2)CC1. The second-order valence-electron chi connectivity index (χ2n) is 9.05. The van der Waals surface area contributed by atoms with Crippen molar-refractivity contribution >= 4 is 6.09 Å². The summed E-state index contributed by atoms with van der Waals surface area (Å²) in [6.07, 6.45) is 6.17. The molecule has 1 saturated carbocycles. The lowest BCUT2D eigenvalue weighted by atomic mass is 9.75. The molecule has 0 bridgehead atoms. The number of rotatable bonds is 3. The van der Waals surface area contributed by atoms with Crippen LogP contribution in [0, 0.1) is 11.3 Å². The zero-order valence-corrected chi connectivity index (χ0v) is 15.8. The highest BCUT2D eigenvalue weighted by molar-refractivity contribution is 5.69. The van der Waals surface area contributed by atoms with Crippen LogP contribution < -0.4 is 11.6 Å². The lowest BCUT2D eigenvalue weighted by Gasteiger charge is -2.41. The molecule has 0 unspecified atom stereocenters. The fourth-order valence-corrected chi connectivity index (χ4v) is 3.23. The van der Waals surface area contributed by atoms with E-state index in [1.807, 2.05) is 27.0 Å². The van der Waals surface area contributed by atoms with Gasteiger partial charge in [-0.15, -0.1) is 0 Å². The summed E-state index contributed by atoms with van der Waals surface area (Å²) in [6, 6.07) is 0.360. The van der Waals surface area contributed by atoms with Crippen molar-refractivity contribution in [3.8, 4) is 0 Å². The number of nitrogens with two attached hydrogens (primary N) is 2. The van der Waals surface area contributed by atoms with E-state index in [1.165, 1.54) is 12.8 Å². The van der Waals surface area contributed by atoms with Crippen molar-refractivity contribution in [3.05, 3.63) is 11.9 Å². The van der Waals surface area contributed by atoms with Crippen molar-refractivity contribution in [1.82, 2.24) is 9.91 Å². The van der Waals surface area contributed by atoms with Gasteiger partial charge >= 0.3 is 6.09 Å². The minimum Gasteiger partial charge on any atom is -0.444 e. The first-order chi connectivity index (χ1) is 11.0. The average molecular weight is 338 g/mol. The number of amides is 1. The summed E-state index contributed by atoms with van der Waals surface area (Å²) in [7, 11) is 0. The van der Waals surface area contributed by atoms with Crippen LogP contribution in [0.3, 0.4) is 0 Å². The molecular formula is C18H34N4O2. The van der Waals surface area contributed by atoms with E-state index in [9.17, 15) is 4.79 Å². The van der Waals surface area contributed by atoms with Crippen molar-refractivity contribution in [3.63, 3.8) is 0 Å². The van der Waals surface area contributed by atoms with E-state index in [1.54, 1.807) is 9.91 Å². The Bertz CT molecular complexity index is 480. The Morgan fingerprint density at radius 1 is 1.25 bits per heavy atom. The molecule has 1 heterocycles. The topological polar surface area (TPSA) is 84.8 Å². The molecule has 138 valence electrons. The molecular weight excluding hydrogens is 304 g/mol. The van der Waals surface area contributed by atoms with E-state index in [0.29, 0.717) is 24.5 Å². The number of hydrazine groups is 1. The Morgan fingerprint density at radius 3 is 2.29 bits per heavy atom.